The van der Waals surface area contributed by atoms with Crippen LogP contribution < -0.4 is 0 Å². The second-order valence-electron chi connectivity index (χ2n) is 13.7. The molecule has 2 saturated heterocycles. The number of halogens is 2. The van der Waals surface area contributed by atoms with E-state index in [1.54, 1.807) is 0 Å². The van der Waals surface area contributed by atoms with E-state index in [-0.39, 0.29) is 13.2 Å². The van der Waals surface area contributed by atoms with Crippen LogP contribution in [0.2, 0.25) is 0 Å². The molecule has 8 heteroatoms. The van der Waals surface area contributed by atoms with Gasteiger partial charge in [-0.25, -0.2) is 4.79 Å². The molecule has 10 aliphatic rings. The molecule has 0 aromatic carbocycles. The molecular weight excluding hydrogens is 470 g/mol. The van der Waals surface area contributed by atoms with E-state index in [0.29, 0.717) is 30.6 Å². The van der Waals surface area contributed by atoms with Crippen LogP contribution in [-0.2, 0) is 28.5 Å². The zero-order valence-electron chi connectivity index (χ0n) is 21.0. The highest BCUT2D eigenvalue weighted by molar-refractivity contribution is 5.77. The second kappa shape index (κ2) is 7.64. The van der Waals surface area contributed by atoms with E-state index >= 15 is 0 Å². The molecule has 10 fully saturated rings. The molecule has 36 heavy (non-hydrogen) atoms. The van der Waals surface area contributed by atoms with Crippen molar-refractivity contribution in [2.75, 3.05) is 13.2 Å². The van der Waals surface area contributed by atoms with Crippen LogP contribution in [0.1, 0.15) is 71.1 Å². The number of rotatable bonds is 4. The minimum absolute atomic E-state index is 0.236. The van der Waals surface area contributed by atoms with Crippen molar-refractivity contribution in [3.8, 4) is 0 Å². The van der Waals surface area contributed by atoms with E-state index in [2.05, 4.69) is 0 Å². The summed E-state index contributed by atoms with van der Waals surface area (Å²) in [5.74, 6) is -2.12. The van der Waals surface area contributed by atoms with Gasteiger partial charge in [-0.3, -0.25) is 0 Å². The third kappa shape index (κ3) is 3.23. The van der Waals surface area contributed by atoms with Gasteiger partial charge in [0.2, 0.25) is 0 Å². The van der Waals surface area contributed by atoms with Gasteiger partial charge >= 0.3 is 11.9 Å². The lowest BCUT2D eigenvalue weighted by molar-refractivity contribution is -0.309. The third-order valence-corrected chi connectivity index (χ3v) is 11.5. The van der Waals surface area contributed by atoms with Crippen molar-refractivity contribution >= 4 is 5.97 Å². The quantitative estimate of drug-likeness (QED) is 0.514. The van der Waals surface area contributed by atoms with Gasteiger partial charge in [0.1, 0.15) is 12.2 Å². The Bertz CT molecular complexity index is 815. The van der Waals surface area contributed by atoms with E-state index in [9.17, 15) is 13.6 Å². The summed E-state index contributed by atoms with van der Waals surface area (Å²) in [5.41, 5.74) is 0. The topological polar surface area (TPSA) is 63.2 Å². The Morgan fingerprint density at radius 1 is 0.722 bits per heavy atom. The molecular formula is C28H38F2O6. The van der Waals surface area contributed by atoms with Gasteiger partial charge in [-0.05, 0) is 87.9 Å². The predicted molar refractivity (Wildman–Crippen MR) is 122 cm³/mol. The first-order chi connectivity index (χ1) is 17.2. The SMILES string of the molecule is CC(F)(F)C(=O)OC(C1COC2(O1)C1CC3CC(C1)CC2C3)C1COC2(O1)C1CC3CC(C1)CC2C3. The molecule has 2 aliphatic heterocycles. The molecule has 200 valence electrons. The van der Waals surface area contributed by atoms with Gasteiger partial charge in [0.25, 0.3) is 0 Å². The fraction of sp³-hybridized carbons (Fsp3) is 0.964. The largest absolute Gasteiger partial charge is 0.452 e. The second-order valence-corrected chi connectivity index (χ2v) is 13.7. The molecule has 8 bridgehead atoms. The lowest BCUT2D eigenvalue weighted by Gasteiger charge is -2.58. The number of carbonyl (C=O) groups is 1. The Morgan fingerprint density at radius 3 is 1.42 bits per heavy atom. The van der Waals surface area contributed by atoms with Gasteiger partial charge in [0, 0.05) is 30.6 Å². The Morgan fingerprint density at radius 2 is 1.08 bits per heavy atom. The van der Waals surface area contributed by atoms with E-state index in [1.165, 1.54) is 12.8 Å². The summed E-state index contributed by atoms with van der Waals surface area (Å²) < 4.78 is 60.0. The molecule has 0 radical (unpaired) electrons. The molecule has 2 atom stereocenters. The molecule has 0 aromatic heterocycles. The molecule has 2 spiro atoms. The molecule has 2 unspecified atom stereocenters. The van der Waals surface area contributed by atoms with Crippen molar-refractivity contribution in [2.45, 2.75) is 107 Å². The Kier molecular flexibility index (Phi) is 4.90. The van der Waals surface area contributed by atoms with Gasteiger partial charge < -0.3 is 23.7 Å². The molecule has 10 rings (SSSR count). The fourth-order valence-electron chi connectivity index (χ4n) is 10.5. The average Bonchev–Trinajstić information content (AvgIpc) is 3.45. The standard InChI is InChI=1S/C28H38F2O6/c1-26(29,30)25(31)34-24(22-12-32-27(35-22)18-4-14-2-15(6-18)7-19(27)5-14)23-13-33-28(36-23)20-8-16-3-17(10-20)11-21(28)9-16/h14-24H,2-13H2,1H3. The summed E-state index contributed by atoms with van der Waals surface area (Å²) in [6, 6.07) is 0. The first-order valence-electron chi connectivity index (χ1n) is 14.4. The Balaban J connectivity index is 1.06. The summed E-state index contributed by atoms with van der Waals surface area (Å²) in [7, 11) is 0. The lowest BCUT2D eigenvalue weighted by Crippen LogP contribution is -2.60. The summed E-state index contributed by atoms with van der Waals surface area (Å²) in [4.78, 5) is 12.4. The Hall–Kier alpha value is -0.830. The number of alkyl halides is 2. The van der Waals surface area contributed by atoms with Crippen LogP contribution in [0.25, 0.3) is 0 Å². The van der Waals surface area contributed by atoms with Crippen molar-refractivity contribution < 1.29 is 37.3 Å². The van der Waals surface area contributed by atoms with Crippen LogP contribution in [0, 0.1) is 47.3 Å². The minimum Gasteiger partial charge on any atom is -0.452 e. The van der Waals surface area contributed by atoms with Crippen LogP contribution in [-0.4, -0.2) is 55.0 Å². The Labute approximate surface area is 211 Å². The van der Waals surface area contributed by atoms with Crippen LogP contribution >= 0.6 is 0 Å². The number of carbonyl (C=O) groups excluding carboxylic acids is 1. The lowest BCUT2D eigenvalue weighted by atomic mass is 9.53. The van der Waals surface area contributed by atoms with Gasteiger partial charge in [-0.15, -0.1) is 0 Å². The number of ether oxygens (including phenoxy) is 5. The van der Waals surface area contributed by atoms with Crippen molar-refractivity contribution in [3.63, 3.8) is 0 Å². The first-order valence-corrected chi connectivity index (χ1v) is 14.4. The predicted octanol–water partition coefficient (Wildman–Crippen LogP) is 4.69. The highest BCUT2D eigenvalue weighted by Crippen LogP contribution is 2.63. The first kappa shape index (κ1) is 23.1. The fourth-order valence-corrected chi connectivity index (χ4v) is 10.5. The van der Waals surface area contributed by atoms with Crippen molar-refractivity contribution in [2.24, 2.45) is 47.3 Å². The third-order valence-electron chi connectivity index (χ3n) is 11.5. The molecule has 0 N–H and O–H groups in total. The summed E-state index contributed by atoms with van der Waals surface area (Å²) in [5, 5.41) is 0. The van der Waals surface area contributed by atoms with E-state index in [0.717, 1.165) is 75.0 Å². The van der Waals surface area contributed by atoms with Crippen LogP contribution in [0.4, 0.5) is 8.78 Å². The molecule has 0 aromatic rings. The highest BCUT2D eigenvalue weighted by Gasteiger charge is 2.66. The average molecular weight is 509 g/mol. The monoisotopic (exact) mass is 508 g/mol. The zero-order chi connectivity index (χ0) is 24.4. The van der Waals surface area contributed by atoms with Crippen molar-refractivity contribution in [3.05, 3.63) is 0 Å². The van der Waals surface area contributed by atoms with Crippen LogP contribution in [0.5, 0.6) is 0 Å². The van der Waals surface area contributed by atoms with Crippen molar-refractivity contribution in [1.29, 1.82) is 0 Å². The smallest absolute Gasteiger partial charge is 0.377 e. The van der Waals surface area contributed by atoms with Crippen molar-refractivity contribution in [1.82, 2.24) is 0 Å². The molecule has 6 nitrogen and oxygen atoms in total. The normalized spacial score (nSPS) is 55.2. The van der Waals surface area contributed by atoms with Crippen LogP contribution in [0.15, 0.2) is 0 Å². The zero-order valence-corrected chi connectivity index (χ0v) is 21.0. The van der Waals surface area contributed by atoms with E-state index in [4.69, 9.17) is 23.7 Å². The van der Waals surface area contributed by atoms with E-state index in [1.807, 2.05) is 0 Å². The van der Waals surface area contributed by atoms with Gasteiger partial charge in [0.05, 0.1) is 13.2 Å². The maximum Gasteiger partial charge on any atom is 0.377 e. The van der Waals surface area contributed by atoms with Gasteiger partial charge in [-0.2, -0.15) is 8.78 Å². The number of esters is 1. The summed E-state index contributed by atoms with van der Waals surface area (Å²) >= 11 is 0. The molecule has 0 amide bonds. The number of hydrogen-bond donors (Lipinski definition) is 0. The molecule has 2 heterocycles. The molecule has 8 saturated carbocycles. The maximum atomic E-state index is 14.0. The molecule has 8 aliphatic carbocycles. The highest BCUT2D eigenvalue weighted by atomic mass is 19.3. The maximum absolute atomic E-state index is 14.0. The van der Waals surface area contributed by atoms with Gasteiger partial charge in [-0.1, -0.05) is 0 Å². The van der Waals surface area contributed by atoms with E-state index < -0.39 is 41.8 Å². The van der Waals surface area contributed by atoms with Gasteiger partial charge in [0.15, 0.2) is 17.7 Å². The van der Waals surface area contributed by atoms with Crippen LogP contribution in [0.3, 0.4) is 0 Å². The summed E-state index contributed by atoms with van der Waals surface area (Å²) in [6.45, 7) is 1.06. The minimum atomic E-state index is -3.59. The summed E-state index contributed by atoms with van der Waals surface area (Å²) in [6.07, 6.45) is 9.25. The number of hydrogen-bond acceptors (Lipinski definition) is 6.